The molecule has 1 heterocycles. The molecule has 0 bridgehead atoms. The number of anilines is 1. The van der Waals surface area contributed by atoms with Gasteiger partial charge in [-0.05, 0) is 13.0 Å². The number of nitrogens with zero attached hydrogens (tertiary/aromatic N) is 1. The van der Waals surface area contributed by atoms with E-state index in [0.29, 0.717) is 0 Å². The minimum atomic E-state index is -3.68. The van der Waals surface area contributed by atoms with Gasteiger partial charge in [0.15, 0.2) is 0 Å². The number of nitrogens with one attached hydrogen (secondary N) is 2. The lowest BCUT2D eigenvalue weighted by Gasteiger charge is -2.25. The minimum absolute atomic E-state index is 0.0915. The van der Waals surface area contributed by atoms with Crippen LogP contribution < -0.4 is 10.0 Å². The van der Waals surface area contributed by atoms with Crippen molar-refractivity contribution in [1.82, 2.24) is 4.72 Å². The van der Waals surface area contributed by atoms with Gasteiger partial charge in [0, 0.05) is 6.07 Å². The van der Waals surface area contributed by atoms with Crippen molar-refractivity contribution in [3.05, 3.63) is 27.3 Å². The zero-order valence-electron chi connectivity index (χ0n) is 8.60. The smallest absolute Gasteiger partial charge is 0.290 e. The Morgan fingerprint density at radius 2 is 2.12 bits per heavy atom. The molecular formula is C8H8ClN3O4S. The summed E-state index contributed by atoms with van der Waals surface area (Å²) in [6.07, 6.45) is -0.534. The first-order valence-corrected chi connectivity index (χ1v) is 6.44. The van der Waals surface area contributed by atoms with Crippen LogP contribution in [0, 0.1) is 10.1 Å². The Labute approximate surface area is 102 Å². The molecule has 0 amide bonds. The van der Waals surface area contributed by atoms with E-state index in [4.69, 9.17) is 11.6 Å². The van der Waals surface area contributed by atoms with Gasteiger partial charge in [-0.25, -0.2) is 8.42 Å². The van der Waals surface area contributed by atoms with Crippen LogP contribution in [0.25, 0.3) is 0 Å². The summed E-state index contributed by atoms with van der Waals surface area (Å²) in [5.74, 6) is 0. The van der Waals surface area contributed by atoms with Gasteiger partial charge < -0.3 is 5.32 Å². The number of halogens is 1. The number of nitro groups is 1. The fraction of sp³-hybridized carbons (Fsp3) is 0.250. The third kappa shape index (κ3) is 2.06. The normalized spacial score (nSPS) is 21.4. The SMILES string of the molecule is CC1Nc2cc([N+](=O)[O-])c(Cl)cc2S(=O)(=O)N1. The monoisotopic (exact) mass is 277 g/mol. The number of sulfonamides is 1. The van der Waals surface area contributed by atoms with E-state index >= 15 is 0 Å². The molecule has 2 rings (SSSR count). The first kappa shape index (κ1) is 12.1. The van der Waals surface area contributed by atoms with Gasteiger partial charge in [-0.1, -0.05) is 11.6 Å². The molecule has 9 heteroatoms. The molecule has 1 aliphatic heterocycles. The number of hydrogen-bond donors (Lipinski definition) is 2. The predicted octanol–water partition coefficient (Wildman–Crippen LogP) is 1.30. The van der Waals surface area contributed by atoms with E-state index in [9.17, 15) is 18.5 Å². The summed E-state index contributed by atoms with van der Waals surface area (Å²) in [6, 6.07) is 2.18. The minimum Gasteiger partial charge on any atom is -0.368 e. The van der Waals surface area contributed by atoms with Crippen LogP contribution >= 0.6 is 11.6 Å². The third-order valence-corrected chi connectivity index (χ3v) is 4.12. The quantitative estimate of drug-likeness (QED) is 0.595. The maximum Gasteiger partial charge on any atom is 0.290 e. The lowest BCUT2D eigenvalue weighted by atomic mass is 10.2. The summed E-state index contributed by atoms with van der Waals surface area (Å²) in [6.45, 7) is 1.58. The number of rotatable bonds is 1. The Hall–Kier alpha value is -1.38. The fourth-order valence-corrected chi connectivity index (χ4v) is 3.21. The van der Waals surface area contributed by atoms with Gasteiger partial charge in [-0.3, -0.25) is 10.1 Å². The number of hydrogen-bond acceptors (Lipinski definition) is 5. The highest BCUT2D eigenvalue weighted by Gasteiger charge is 2.30. The largest absolute Gasteiger partial charge is 0.368 e. The average molecular weight is 278 g/mol. The van der Waals surface area contributed by atoms with Crippen LogP contribution in [0.15, 0.2) is 17.0 Å². The maximum atomic E-state index is 11.7. The molecular weight excluding hydrogens is 270 g/mol. The fourth-order valence-electron chi connectivity index (χ4n) is 1.58. The van der Waals surface area contributed by atoms with Gasteiger partial charge in [-0.2, -0.15) is 4.72 Å². The molecule has 1 aliphatic rings. The second kappa shape index (κ2) is 3.83. The molecule has 0 radical (unpaired) electrons. The highest BCUT2D eigenvalue weighted by Crippen LogP contribution is 2.35. The summed E-state index contributed by atoms with van der Waals surface area (Å²) in [5, 5.41) is 13.3. The molecule has 92 valence electrons. The van der Waals surface area contributed by atoms with Gasteiger partial charge in [0.1, 0.15) is 9.92 Å². The van der Waals surface area contributed by atoms with E-state index in [1.165, 1.54) is 0 Å². The molecule has 2 N–H and O–H groups in total. The molecule has 1 unspecified atom stereocenters. The van der Waals surface area contributed by atoms with E-state index in [2.05, 4.69) is 10.0 Å². The standard InChI is InChI=1S/C8H8ClN3O4S/c1-4-10-6-3-7(12(13)14)5(9)2-8(6)17(15,16)11-4/h2-4,10-11H,1H3. The Morgan fingerprint density at radius 3 is 2.71 bits per heavy atom. The summed E-state index contributed by atoms with van der Waals surface area (Å²) < 4.78 is 25.8. The third-order valence-electron chi connectivity index (χ3n) is 2.24. The number of benzene rings is 1. The van der Waals surface area contributed by atoms with Crippen LogP contribution in [0.1, 0.15) is 6.92 Å². The lowest BCUT2D eigenvalue weighted by molar-refractivity contribution is -0.384. The average Bonchev–Trinajstić information content (AvgIpc) is 2.17. The topological polar surface area (TPSA) is 101 Å². The van der Waals surface area contributed by atoms with Crippen LogP contribution in [0.5, 0.6) is 0 Å². The number of nitro benzene ring substituents is 1. The van der Waals surface area contributed by atoms with Crippen LogP contribution in [0.3, 0.4) is 0 Å². The highest BCUT2D eigenvalue weighted by molar-refractivity contribution is 7.89. The van der Waals surface area contributed by atoms with Crippen LogP contribution in [-0.4, -0.2) is 19.5 Å². The van der Waals surface area contributed by atoms with Crippen molar-refractivity contribution in [3.8, 4) is 0 Å². The second-order valence-corrected chi connectivity index (χ2v) is 5.63. The van der Waals surface area contributed by atoms with Gasteiger partial charge in [0.25, 0.3) is 5.69 Å². The van der Waals surface area contributed by atoms with Crippen molar-refractivity contribution in [3.63, 3.8) is 0 Å². The van der Waals surface area contributed by atoms with E-state index < -0.39 is 21.1 Å². The van der Waals surface area contributed by atoms with E-state index in [1.54, 1.807) is 6.92 Å². The van der Waals surface area contributed by atoms with Crippen molar-refractivity contribution in [2.45, 2.75) is 18.0 Å². The summed E-state index contributed by atoms with van der Waals surface area (Å²) in [7, 11) is -3.68. The van der Waals surface area contributed by atoms with E-state index in [-0.39, 0.29) is 21.3 Å². The molecule has 0 spiro atoms. The Morgan fingerprint density at radius 1 is 1.47 bits per heavy atom. The molecule has 17 heavy (non-hydrogen) atoms. The Balaban J connectivity index is 2.69. The molecule has 0 fully saturated rings. The molecule has 0 aromatic heterocycles. The summed E-state index contributed by atoms with van der Waals surface area (Å²) >= 11 is 5.66. The maximum absolute atomic E-state index is 11.7. The van der Waals surface area contributed by atoms with E-state index in [1.807, 2.05) is 0 Å². The van der Waals surface area contributed by atoms with Gasteiger partial charge >= 0.3 is 0 Å². The molecule has 0 saturated carbocycles. The van der Waals surface area contributed by atoms with Crippen molar-refractivity contribution in [2.24, 2.45) is 0 Å². The van der Waals surface area contributed by atoms with Crippen LogP contribution in [0.4, 0.5) is 11.4 Å². The van der Waals surface area contributed by atoms with E-state index in [0.717, 1.165) is 12.1 Å². The first-order valence-electron chi connectivity index (χ1n) is 4.58. The zero-order valence-corrected chi connectivity index (χ0v) is 10.2. The predicted molar refractivity (Wildman–Crippen MR) is 61.5 cm³/mol. The van der Waals surface area contributed by atoms with Crippen molar-refractivity contribution in [2.75, 3.05) is 5.32 Å². The highest BCUT2D eigenvalue weighted by atomic mass is 35.5. The molecule has 1 aromatic carbocycles. The Bertz CT molecular complexity index is 601. The van der Waals surface area contributed by atoms with Crippen LogP contribution in [0.2, 0.25) is 5.02 Å². The summed E-state index contributed by atoms with van der Waals surface area (Å²) in [4.78, 5) is 9.92. The van der Waals surface area contributed by atoms with Crippen molar-refractivity contribution in [1.29, 1.82) is 0 Å². The van der Waals surface area contributed by atoms with Crippen molar-refractivity contribution >= 4 is 33.0 Å². The van der Waals surface area contributed by atoms with Crippen LogP contribution in [-0.2, 0) is 10.0 Å². The number of fused-ring (bicyclic) bond motifs is 1. The molecule has 7 nitrogen and oxygen atoms in total. The molecule has 1 aromatic rings. The first-order chi connectivity index (χ1) is 7.81. The lowest BCUT2D eigenvalue weighted by Crippen LogP contribution is -2.42. The van der Waals surface area contributed by atoms with Crippen molar-refractivity contribution < 1.29 is 13.3 Å². The molecule has 0 aliphatic carbocycles. The molecule has 0 saturated heterocycles. The Kier molecular flexibility index (Phi) is 2.72. The zero-order chi connectivity index (χ0) is 12.8. The second-order valence-electron chi connectivity index (χ2n) is 3.54. The van der Waals surface area contributed by atoms with Gasteiger partial charge in [0.2, 0.25) is 10.0 Å². The summed E-state index contributed by atoms with van der Waals surface area (Å²) in [5.41, 5.74) is -0.158. The molecule has 1 atom stereocenters. The van der Waals surface area contributed by atoms with Gasteiger partial charge in [-0.15, -0.1) is 0 Å². The van der Waals surface area contributed by atoms with Gasteiger partial charge in [0.05, 0.1) is 16.8 Å².